The van der Waals surface area contributed by atoms with Crippen LogP contribution in [0.3, 0.4) is 0 Å². The van der Waals surface area contributed by atoms with Gasteiger partial charge in [0, 0.05) is 251 Å². The lowest BCUT2D eigenvalue weighted by atomic mass is 10.0. The average Bonchev–Trinajstić information content (AvgIpc) is 1.49. The van der Waals surface area contributed by atoms with E-state index >= 15 is 0 Å². The normalized spacial score (nSPS) is 11.6. The molecule has 8 aromatic heterocycles. The summed E-state index contributed by atoms with van der Waals surface area (Å²) in [6, 6.07) is 43.6. The van der Waals surface area contributed by atoms with Crippen LogP contribution in [-0.2, 0) is 28.2 Å². The van der Waals surface area contributed by atoms with E-state index in [1.54, 1.807) is 130 Å². The first-order chi connectivity index (χ1) is 68.1. The first-order valence-corrected chi connectivity index (χ1v) is 46.3. The van der Waals surface area contributed by atoms with Crippen molar-refractivity contribution in [2.24, 2.45) is 28.2 Å². The molecule has 748 valence electrons. The number of hydrogen-bond acceptors (Lipinski definition) is 27. The van der Waals surface area contributed by atoms with E-state index in [0.29, 0.717) is 89.5 Å². The number of benzene rings is 8. The summed E-state index contributed by atoms with van der Waals surface area (Å²) in [6.45, 7) is 17.9. The first kappa shape index (κ1) is 104. The number of rotatable bonds is 40. The van der Waals surface area contributed by atoms with E-state index in [1.807, 2.05) is 147 Å². The van der Waals surface area contributed by atoms with Crippen LogP contribution >= 0.6 is 0 Å². The molecule has 0 spiro atoms. The highest BCUT2D eigenvalue weighted by Crippen LogP contribution is 2.41. The van der Waals surface area contributed by atoms with Crippen molar-refractivity contribution in [1.29, 1.82) is 0 Å². The molecule has 31 nitrogen and oxygen atoms in total. The lowest BCUT2D eigenvalue weighted by Crippen LogP contribution is -2.39. The second kappa shape index (κ2) is 47.8. The van der Waals surface area contributed by atoms with E-state index in [-0.39, 0.29) is 17.8 Å². The van der Waals surface area contributed by atoms with E-state index in [2.05, 4.69) is 130 Å². The van der Waals surface area contributed by atoms with Crippen LogP contribution in [0.1, 0.15) is 72.9 Å². The number of ether oxygens (including phenoxy) is 7. The Kier molecular flexibility index (Phi) is 35.2. The SMILES string of the molecule is CCC(C)(C)NCCCN(c1cc(OC)cc(OC)c1)c1ccc2ncc(-c3cnn(C)c3)nc2c1.COc1cc(N(CCCNCC(C)(F)F)c2ccc3ncc(-c4cnn(C)c4)nc3c2)cc(F)c1F.COc1cc(OC)cc(N(CCNC(C)C)c2ccc3ncc(-c4cnn(C)c4C)nc3c2)c1.COc1cc(OC)cc(N(CCNCCC(F)(F)F)c2ccc3ncc(-c4cnn(C)c4)nc3c2)c1. The van der Waals surface area contributed by atoms with Crippen molar-refractivity contribution in [3.63, 3.8) is 0 Å². The zero-order chi connectivity index (χ0) is 102. The Bertz CT molecular complexity index is 6840. The summed E-state index contributed by atoms with van der Waals surface area (Å²) in [5.41, 5.74) is 20.3. The Labute approximate surface area is 820 Å². The third-order valence-corrected chi connectivity index (χ3v) is 23.5. The summed E-state index contributed by atoms with van der Waals surface area (Å²) >= 11 is 0. The molecular formula is C104H121F7N24O7. The molecule has 0 aliphatic rings. The fourth-order valence-corrected chi connectivity index (χ4v) is 15.4. The summed E-state index contributed by atoms with van der Waals surface area (Å²) < 4.78 is 137. The summed E-state index contributed by atoms with van der Waals surface area (Å²) in [5, 5.41) is 29.7. The van der Waals surface area contributed by atoms with Gasteiger partial charge in [-0.25, -0.2) is 33.1 Å². The molecule has 0 saturated heterocycles. The van der Waals surface area contributed by atoms with Crippen LogP contribution in [0.25, 0.3) is 89.2 Å². The van der Waals surface area contributed by atoms with Gasteiger partial charge in [-0.05, 0) is 126 Å². The number of anilines is 8. The van der Waals surface area contributed by atoms with E-state index < -0.39 is 36.7 Å². The van der Waals surface area contributed by atoms with Crippen LogP contribution in [0.5, 0.6) is 40.2 Å². The quantitative estimate of drug-likeness (QED) is 0.0205. The molecule has 16 rings (SSSR count). The molecule has 0 radical (unpaired) electrons. The van der Waals surface area contributed by atoms with Gasteiger partial charge in [-0.15, -0.1) is 0 Å². The molecule has 0 amide bonds. The van der Waals surface area contributed by atoms with Gasteiger partial charge in [0.15, 0.2) is 11.6 Å². The topological polar surface area (TPSA) is 300 Å². The smallest absolute Gasteiger partial charge is 0.390 e. The fraction of sp³-hybridized carbons (Fsp3) is 0.346. The molecule has 8 heterocycles. The molecule has 142 heavy (non-hydrogen) atoms. The zero-order valence-electron chi connectivity index (χ0n) is 83.1. The zero-order valence-corrected chi connectivity index (χ0v) is 83.1. The van der Waals surface area contributed by atoms with Gasteiger partial charge in [-0.2, -0.15) is 38.0 Å². The van der Waals surface area contributed by atoms with Gasteiger partial charge in [0.1, 0.15) is 34.5 Å². The number of aryl methyl sites for hydroxylation is 4. The number of nitrogens with one attached hydrogen (secondary N) is 4. The van der Waals surface area contributed by atoms with E-state index in [0.717, 1.165) is 176 Å². The molecular weight excluding hydrogens is 1830 g/mol. The highest BCUT2D eigenvalue weighted by molar-refractivity contribution is 5.87. The van der Waals surface area contributed by atoms with Crippen molar-refractivity contribution >= 4 is 89.6 Å². The van der Waals surface area contributed by atoms with Gasteiger partial charge in [0.05, 0.1) is 179 Å². The van der Waals surface area contributed by atoms with Gasteiger partial charge in [-0.1, -0.05) is 20.8 Å². The van der Waals surface area contributed by atoms with Crippen LogP contribution < -0.4 is 74.0 Å². The molecule has 16 aromatic rings. The molecule has 0 unspecified atom stereocenters. The molecule has 0 aliphatic heterocycles. The molecule has 0 bridgehead atoms. The van der Waals surface area contributed by atoms with Gasteiger partial charge in [-0.3, -0.25) is 38.7 Å². The molecule has 4 N–H and O–H groups in total. The Morgan fingerprint density at radius 1 is 0.380 bits per heavy atom. The molecule has 8 aromatic carbocycles. The number of hydrogen-bond donors (Lipinski definition) is 4. The lowest BCUT2D eigenvalue weighted by molar-refractivity contribution is -0.133. The Morgan fingerprint density at radius 3 is 1.08 bits per heavy atom. The average molecular weight is 1950 g/mol. The number of halogens is 7. The van der Waals surface area contributed by atoms with Gasteiger partial charge < -0.3 is 74.0 Å². The monoisotopic (exact) mass is 1950 g/mol. The van der Waals surface area contributed by atoms with Gasteiger partial charge >= 0.3 is 6.18 Å². The van der Waals surface area contributed by atoms with Crippen molar-refractivity contribution in [2.45, 2.75) is 97.8 Å². The number of aromatic nitrogens is 16. The summed E-state index contributed by atoms with van der Waals surface area (Å²) in [4.78, 5) is 45.8. The number of fused-ring (bicyclic) bond motifs is 4. The minimum absolute atomic E-state index is 0.116. The molecule has 0 aliphatic carbocycles. The molecule has 0 fully saturated rings. The Morgan fingerprint density at radius 2 is 0.746 bits per heavy atom. The Hall–Kier alpha value is -14.9. The summed E-state index contributed by atoms with van der Waals surface area (Å²) in [6.07, 6.45) is 17.1. The molecule has 0 atom stereocenters. The molecule has 38 heteroatoms. The van der Waals surface area contributed by atoms with Crippen LogP contribution in [-0.4, -0.2) is 218 Å². The van der Waals surface area contributed by atoms with Crippen LogP contribution in [0.4, 0.5) is 76.2 Å². The van der Waals surface area contributed by atoms with Crippen molar-refractivity contribution in [1.82, 2.24) is 100 Å². The van der Waals surface area contributed by atoms with Crippen LogP contribution in [0.15, 0.2) is 208 Å². The maximum Gasteiger partial charge on any atom is 0.390 e. The second-order valence-corrected chi connectivity index (χ2v) is 34.8. The van der Waals surface area contributed by atoms with E-state index in [9.17, 15) is 30.7 Å². The maximum absolute atomic E-state index is 14.4. The predicted octanol–water partition coefficient (Wildman–Crippen LogP) is 19.7. The van der Waals surface area contributed by atoms with Gasteiger partial charge in [0.2, 0.25) is 5.82 Å². The van der Waals surface area contributed by atoms with E-state index in [1.165, 1.54) is 13.2 Å². The Balaban J connectivity index is 0.000000159. The van der Waals surface area contributed by atoms with Crippen LogP contribution in [0.2, 0.25) is 0 Å². The number of nitrogens with zero attached hydrogens (tertiary/aromatic N) is 20. The third-order valence-electron chi connectivity index (χ3n) is 23.5. The minimum atomic E-state index is -4.20. The molecule has 0 saturated carbocycles. The maximum atomic E-state index is 14.4. The van der Waals surface area contributed by atoms with Crippen molar-refractivity contribution in [3.8, 4) is 85.3 Å². The number of alkyl halides is 5. The van der Waals surface area contributed by atoms with Crippen molar-refractivity contribution in [3.05, 3.63) is 225 Å². The summed E-state index contributed by atoms with van der Waals surface area (Å²) in [7, 11) is 18.5. The highest BCUT2D eigenvalue weighted by atomic mass is 19.4. The largest absolute Gasteiger partial charge is 0.497 e. The minimum Gasteiger partial charge on any atom is -0.497 e. The lowest BCUT2D eigenvalue weighted by Gasteiger charge is -2.28. The second-order valence-electron chi connectivity index (χ2n) is 34.8. The summed E-state index contributed by atoms with van der Waals surface area (Å²) in [5.74, 6) is -1.03. The third kappa shape index (κ3) is 28.1. The predicted molar refractivity (Wildman–Crippen MR) is 543 cm³/mol. The van der Waals surface area contributed by atoms with Crippen molar-refractivity contribution < 1.29 is 63.9 Å². The highest BCUT2D eigenvalue weighted by Gasteiger charge is 2.28. The number of methoxy groups -OCH3 is 7. The van der Waals surface area contributed by atoms with Crippen LogP contribution in [0, 0.1) is 18.6 Å². The van der Waals surface area contributed by atoms with Crippen molar-refractivity contribution in [2.75, 3.05) is 135 Å². The first-order valence-electron chi connectivity index (χ1n) is 46.3. The standard InChI is InChI=1S/C28H36N6O2.C26H32N6O2.C25H26F4N6O.C25H27F3N6O2/c1-7-28(2,3)30-11-8-12-34(22-13-23(35-5)16-24(14-22)36-6)21-9-10-25-26(15-21)32-27(18-29-25)20-17-31-33(4)19-20;1-17(2)27-9-10-32(20-11-21(33-5)14-22(12-20)34-6)19-7-8-24-25(13-19)30-26(16-28-24)23-15-29-31(4)18(23)3;1-25(28,29)15-30-7-4-8-35(18-9-19(26)24(27)23(11-18)36-3)17-5-6-20-21(10-17)33-22(13-31-20)16-12-32-34(2)14-16;1-33-16-17(14-31-33)24-15-30-22-5-4-18(12-23(22)32-24)34(9-8-29-7-6-25(26,27)28)19-10-20(35-2)13-21(11-19)36-3/h9-10,13-19,30H,7-8,11-12H2,1-6H3;7-8,11-17,27H,9-10H2,1-6H3;5-6,9-14,30H,4,7-8,15H2,1-3H3;4-5,10-16,29H,6-9H2,1-3H3. The van der Waals surface area contributed by atoms with E-state index in [4.69, 9.17) is 53.1 Å². The fourth-order valence-electron chi connectivity index (χ4n) is 15.4. The van der Waals surface area contributed by atoms with Gasteiger partial charge in [0.25, 0.3) is 5.92 Å².